The number of hydrogen-bond donors (Lipinski definition) is 2. The predicted octanol–water partition coefficient (Wildman–Crippen LogP) is 1.88. The van der Waals surface area contributed by atoms with Gasteiger partial charge in [0.15, 0.2) is 0 Å². The molecular weight excluding hydrogens is 284 g/mol. The predicted molar refractivity (Wildman–Crippen MR) is 83.5 cm³/mol. The van der Waals surface area contributed by atoms with Crippen LogP contribution >= 0.6 is 0 Å². The number of ether oxygens (including phenoxy) is 1. The number of para-hydroxylation sites is 1. The van der Waals surface area contributed by atoms with Gasteiger partial charge in [-0.05, 0) is 18.6 Å². The van der Waals surface area contributed by atoms with Crippen LogP contribution in [0.25, 0.3) is 0 Å². The second-order valence-electron chi connectivity index (χ2n) is 4.49. The van der Waals surface area contributed by atoms with Crippen LogP contribution in [0.5, 0.6) is 0 Å². The van der Waals surface area contributed by atoms with E-state index in [1.807, 2.05) is 6.92 Å². The normalized spacial score (nSPS) is 9.68. The molecule has 0 fully saturated rings. The van der Waals surface area contributed by atoms with Gasteiger partial charge in [0.2, 0.25) is 0 Å². The second-order valence-corrected chi connectivity index (χ2v) is 4.49. The third kappa shape index (κ3) is 5.40. The summed E-state index contributed by atoms with van der Waals surface area (Å²) in [4.78, 5) is 35.2. The highest BCUT2D eigenvalue weighted by molar-refractivity contribution is 6.40. The molecule has 0 heterocycles. The molecule has 1 rings (SSSR count). The van der Waals surface area contributed by atoms with Gasteiger partial charge in [0.1, 0.15) is 0 Å². The Kier molecular flexibility index (Phi) is 7.39. The van der Waals surface area contributed by atoms with Crippen LogP contribution in [0.1, 0.15) is 30.1 Å². The van der Waals surface area contributed by atoms with E-state index < -0.39 is 17.8 Å². The van der Waals surface area contributed by atoms with Gasteiger partial charge in [-0.2, -0.15) is 0 Å². The van der Waals surface area contributed by atoms with Gasteiger partial charge in [0, 0.05) is 6.54 Å². The van der Waals surface area contributed by atoms with E-state index in [1.54, 1.807) is 12.1 Å². The summed E-state index contributed by atoms with van der Waals surface area (Å²) < 4.78 is 5.11. The summed E-state index contributed by atoms with van der Waals surface area (Å²) in [5.74, 6) is -2.18. The molecule has 6 heteroatoms. The van der Waals surface area contributed by atoms with E-state index in [9.17, 15) is 14.4 Å². The second kappa shape index (κ2) is 9.33. The molecule has 1 aromatic rings. The summed E-state index contributed by atoms with van der Waals surface area (Å²) in [5.41, 5.74) is 0.450. The average molecular weight is 304 g/mol. The number of anilines is 1. The van der Waals surface area contributed by atoms with Crippen molar-refractivity contribution in [2.45, 2.75) is 19.8 Å². The Morgan fingerprint density at radius 3 is 2.64 bits per heavy atom. The lowest BCUT2D eigenvalue weighted by atomic mass is 10.2. The van der Waals surface area contributed by atoms with Crippen LogP contribution in [0, 0.1) is 0 Å². The van der Waals surface area contributed by atoms with Crippen molar-refractivity contribution in [1.82, 2.24) is 5.32 Å². The molecule has 0 radical (unpaired) electrons. The SMILES string of the molecule is C=CCNC(=O)C(=O)Nc1ccccc1C(=O)OCCCC. The zero-order chi connectivity index (χ0) is 16.4. The lowest BCUT2D eigenvalue weighted by Gasteiger charge is -2.10. The molecule has 0 saturated heterocycles. The largest absolute Gasteiger partial charge is 0.462 e. The van der Waals surface area contributed by atoms with Crippen LogP contribution in [0.15, 0.2) is 36.9 Å². The summed E-state index contributed by atoms with van der Waals surface area (Å²) in [6.45, 7) is 5.94. The van der Waals surface area contributed by atoms with Gasteiger partial charge in [-0.1, -0.05) is 31.6 Å². The molecule has 2 N–H and O–H groups in total. The zero-order valence-electron chi connectivity index (χ0n) is 12.6. The Labute approximate surface area is 129 Å². The molecule has 0 atom stereocenters. The molecule has 0 saturated carbocycles. The van der Waals surface area contributed by atoms with E-state index >= 15 is 0 Å². The van der Waals surface area contributed by atoms with Crippen molar-refractivity contribution in [2.75, 3.05) is 18.5 Å². The van der Waals surface area contributed by atoms with E-state index in [2.05, 4.69) is 17.2 Å². The van der Waals surface area contributed by atoms with E-state index in [4.69, 9.17) is 4.74 Å². The molecule has 22 heavy (non-hydrogen) atoms. The number of hydrogen-bond acceptors (Lipinski definition) is 4. The Morgan fingerprint density at radius 2 is 1.95 bits per heavy atom. The Balaban J connectivity index is 2.74. The minimum Gasteiger partial charge on any atom is -0.462 e. The van der Waals surface area contributed by atoms with Gasteiger partial charge in [-0.15, -0.1) is 6.58 Å². The molecular formula is C16H20N2O4. The minimum absolute atomic E-state index is 0.187. The van der Waals surface area contributed by atoms with Gasteiger partial charge in [-0.25, -0.2) is 4.79 Å². The van der Waals surface area contributed by atoms with Gasteiger partial charge >= 0.3 is 17.8 Å². The maximum absolute atomic E-state index is 12.0. The lowest BCUT2D eigenvalue weighted by Crippen LogP contribution is -2.35. The van der Waals surface area contributed by atoms with Crippen molar-refractivity contribution in [2.24, 2.45) is 0 Å². The number of benzene rings is 1. The first kappa shape index (κ1) is 17.4. The highest BCUT2D eigenvalue weighted by Gasteiger charge is 2.17. The monoisotopic (exact) mass is 304 g/mol. The maximum Gasteiger partial charge on any atom is 0.340 e. The fraction of sp³-hybridized carbons (Fsp3) is 0.312. The van der Waals surface area contributed by atoms with Crippen molar-refractivity contribution >= 4 is 23.5 Å². The molecule has 0 aliphatic heterocycles. The number of rotatable bonds is 7. The van der Waals surface area contributed by atoms with Crippen molar-refractivity contribution < 1.29 is 19.1 Å². The van der Waals surface area contributed by atoms with Crippen LogP contribution < -0.4 is 10.6 Å². The fourth-order valence-corrected chi connectivity index (χ4v) is 1.58. The molecule has 0 unspecified atom stereocenters. The highest BCUT2D eigenvalue weighted by atomic mass is 16.5. The number of amides is 2. The zero-order valence-corrected chi connectivity index (χ0v) is 12.6. The van der Waals surface area contributed by atoms with Gasteiger partial charge in [-0.3, -0.25) is 9.59 Å². The quantitative estimate of drug-likeness (QED) is 0.349. The minimum atomic E-state index is -0.851. The van der Waals surface area contributed by atoms with Crippen molar-refractivity contribution in [1.29, 1.82) is 0 Å². The number of carbonyl (C=O) groups excluding carboxylic acids is 3. The number of nitrogens with one attached hydrogen (secondary N) is 2. The molecule has 0 aliphatic rings. The first-order chi connectivity index (χ1) is 10.6. The van der Waals surface area contributed by atoms with Crippen LogP contribution in [-0.4, -0.2) is 30.9 Å². The van der Waals surface area contributed by atoms with Gasteiger partial charge in [0.25, 0.3) is 0 Å². The third-order valence-electron chi connectivity index (χ3n) is 2.74. The first-order valence-electron chi connectivity index (χ1n) is 7.06. The van der Waals surface area contributed by atoms with Gasteiger partial charge < -0.3 is 15.4 Å². The fourth-order valence-electron chi connectivity index (χ4n) is 1.58. The number of carbonyl (C=O) groups is 3. The first-order valence-corrected chi connectivity index (χ1v) is 7.06. The van der Waals surface area contributed by atoms with Crippen LogP contribution in [0.4, 0.5) is 5.69 Å². The molecule has 0 aromatic heterocycles. The lowest BCUT2D eigenvalue weighted by molar-refractivity contribution is -0.136. The molecule has 1 aromatic carbocycles. The topological polar surface area (TPSA) is 84.5 Å². The van der Waals surface area contributed by atoms with Crippen LogP contribution in [-0.2, 0) is 14.3 Å². The van der Waals surface area contributed by atoms with Crippen molar-refractivity contribution in [3.63, 3.8) is 0 Å². The smallest absolute Gasteiger partial charge is 0.340 e. The van der Waals surface area contributed by atoms with Crippen LogP contribution in [0.2, 0.25) is 0 Å². The summed E-state index contributed by atoms with van der Waals surface area (Å²) in [6, 6.07) is 6.38. The van der Waals surface area contributed by atoms with E-state index in [0.29, 0.717) is 6.61 Å². The Morgan fingerprint density at radius 1 is 1.23 bits per heavy atom. The van der Waals surface area contributed by atoms with Crippen molar-refractivity contribution in [3.8, 4) is 0 Å². The number of unbranched alkanes of at least 4 members (excludes halogenated alkanes) is 1. The molecule has 118 valence electrons. The Bertz CT molecular complexity index is 555. The summed E-state index contributed by atoms with van der Waals surface area (Å²) in [7, 11) is 0. The molecule has 0 aliphatic carbocycles. The van der Waals surface area contributed by atoms with E-state index in [1.165, 1.54) is 18.2 Å². The molecule has 6 nitrogen and oxygen atoms in total. The summed E-state index contributed by atoms with van der Waals surface area (Å²) in [5, 5.41) is 4.76. The summed E-state index contributed by atoms with van der Waals surface area (Å²) >= 11 is 0. The third-order valence-corrected chi connectivity index (χ3v) is 2.74. The summed E-state index contributed by atoms with van der Waals surface area (Å²) in [6.07, 6.45) is 3.14. The average Bonchev–Trinajstić information content (AvgIpc) is 2.53. The van der Waals surface area contributed by atoms with Crippen molar-refractivity contribution in [3.05, 3.63) is 42.5 Å². The molecule has 0 bridgehead atoms. The highest BCUT2D eigenvalue weighted by Crippen LogP contribution is 2.16. The molecule has 2 amide bonds. The van der Waals surface area contributed by atoms with Crippen LogP contribution in [0.3, 0.4) is 0 Å². The van der Waals surface area contributed by atoms with E-state index in [-0.39, 0.29) is 17.8 Å². The van der Waals surface area contributed by atoms with E-state index in [0.717, 1.165) is 12.8 Å². The maximum atomic E-state index is 12.0. The van der Waals surface area contributed by atoms with Gasteiger partial charge in [0.05, 0.1) is 17.9 Å². The standard InChI is InChI=1S/C16H20N2O4/c1-3-5-11-22-16(21)12-8-6-7-9-13(12)18-15(20)14(19)17-10-4-2/h4,6-9H,2-3,5,10-11H2,1H3,(H,17,19)(H,18,20). The number of esters is 1. The molecule has 0 spiro atoms. The Hall–Kier alpha value is -2.63.